The Morgan fingerprint density at radius 3 is 3.11 bits per heavy atom. The van der Waals surface area contributed by atoms with Crippen LogP contribution < -0.4 is 5.32 Å². The minimum atomic E-state index is 0.516. The molecule has 2 rings (SSSR count). The van der Waals surface area contributed by atoms with E-state index in [0.29, 0.717) is 6.04 Å². The molecule has 0 aromatic carbocycles. The van der Waals surface area contributed by atoms with Gasteiger partial charge in [-0.25, -0.2) is 0 Å². The molecular weight excluding hydrogens is 256 g/mol. The van der Waals surface area contributed by atoms with Gasteiger partial charge in [0.2, 0.25) is 0 Å². The summed E-state index contributed by atoms with van der Waals surface area (Å²) in [6.45, 7) is 10.8. The maximum absolute atomic E-state index is 5.68. The number of furan rings is 1. The van der Waals surface area contributed by atoms with Gasteiger partial charge in [-0.2, -0.15) is 11.8 Å². The van der Waals surface area contributed by atoms with Crippen LogP contribution in [0.3, 0.4) is 0 Å². The molecule has 19 heavy (non-hydrogen) atoms. The molecule has 1 fully saturated rings. The number of hydrogen-bond donors (Lipinski definition) is 1. The summed E-state index contributed by atoms with van der Waals surface area (Å²) in [4.78, 5) is 2.52. The summed E-state index contributed by atoms with van der Waals surface area (Å²) in [5.41, 5.74) is 1.25. The minimum Gasteiger partial charge on any atom is -0.468 e. The Hall–Kier alpha value is -0.450. The molecule has 1 atom stereocenters. The molecule has 1 aliphatic heterocycles. The van der Waals surface area contributed by atoms with E-state index in [1.165, 1.54) is 30.8 Å². The van der Waals surface area contributed by atoms with Crippen LogP contribution in [0.4, 0.5) is 0 Å². The van der Waals surface area contributed by atoms with Crippen LogP contribution in [0.2, 0.25) is 0 Å². The molecule has 2 heterocycles. The zero-order valence-corrected chi connectivity index (χ0v) is 13.1. The van der Waals surface area contributed by atoms with Crippen molar-refractivity contribution in [2.75, 3.05) is 18.8 Å². The van der Waals surface area contributed by atoms with Gasteiger partial charge in [-0.15, -0.1) is 0 Å². The van der Waals surface area contributed by atoms with E-state index in [1.54, 1.807) is 0 Å². The number of thioether (sulfide) groups is 1. The standard InChI is InChI=1S/C15H26N2OS/c1-4-15-10-17(5-6-19-15)9-14-7-13(11-18-14)8-16-12(2)3/h7,11-12,15-16H,4-6,8-10H2,1-3H3. The Kier molecular flexibility index (Phi) is 5.79. The first-order chi connectivity index (χ1) is 9.17. The second kappa shape index (κ2) is 7.36. The van der Waals surface area contributed by atoms with Crippen molar-refractivity contribution in [3.8, 4) is 0 Å². The Balaban J connectivity index is 1.82. The summed E-state index contributed by atoms with van der Waals surface area (Å²) in [6.07, 6.45) is 3.16. The number of nitrogens with one attached hydrogen (secondary N) is 1. The molecule has 4 heteroatoms. The fourth-order valence-corrected chi connectivity index (χ4v) is 3.56. The van der Waals surface area contributed by atoms with Crippen molar-refractivity contribution >= 4 is 11.8 Å². The summed E-state index contributed by atoms with van der Waals surface area (Å²) in [5.74, 6) is 2.35. The first-order valence-electron chi connectivity index (χ1n) is 7.31. The van der Waals surface area contributed by atoms with Crippen LogP contribution >= 0.6 is 11.8 Å². The Morgan fingerprint density at radius 1 is 1.53 bits per heavy atom. The fraction of sp³-hybridized carbons (Fsp3) is 0.733. The molecule has 0 saturated carbocycles. The van der Waals surface area contributed by atoms with Crippen LogP contribution in [-0.2, 0) is 13.1 Å². The monoisotopic (exact) mass is 282 g/mol. The van der Waals surface area contributed by atoms with Gasteiger partial charge in [-0.1, -0.05) is 20.8 Å². The highest BCUT2D eigenvalue weighted by atomic mass is 32.2. The lowest BCUT2D eigenvalue weighted by atomic mass is 10.2. The summed E-state index contributed by atoms with van der Waals surface area (Å²) >= 11 is 2.11. The van der Waals surface area contributed by atoms with Crippen molar-refractivity contribution in [2.24, 2.45) is 0 Å². The molecule has 0 bridgehead atoms. The molecule has 0 spiro atoms. The van der Waals surface area contributed by atoms with E-state index >= 15 is 0 Å². The molecule has 1 aliphatic rings. The van der Waals surface area contributed by atoms with Gasteiger partial charge in [0.1, 0.15) is 5.76 Å². The van der Waals surface area contributed by atoms with E-state index in [0.717, 1.165) is 24.1 Å². The zero-order valence-electron chi connectivity index (χ0n) is 12.3. The number of rotatable bonds is 6. The molecule has 1 aromatic heterocycles. The molecule has 1 N–H and O–H groups in total. The highest BCUT2D eigenvalue weighted by molar-refractivity contribution is 8.00. The summed E-state index contributed by atoms with van der Waals surface area (Å²) in [7, 11) is 0. The molecule has 0 aliphatic carbocycles. The van der Waals surface area contributed by atoms with Gasteiger partial charge in [0, 0.05) is 42.2 Å². The van der Waals surface area contributed by atoms with E-state index < -0.39 is 0 Å². The molecule has 0 radical (unpaired) electrons. The van der Waals surface area contributed by atoms with Gasteiger partial charge in [0.25, 0.3) is 0 Å². The Bertz CT molecular complexity index is 378. The average Bonchev–Trinajstić information content (AvgIpc) is 2.84. The second-order valence-corrected chi connectivity index (χ2v) is 7.00. The lowest BCUT2D eigenvalue weighted by molar-refractivity contribution is 0.250. The molecule has 108 valence electrons. The SMILES string of the molecule is CCC1CN(Cc2cc(CNC(C)C)co2)CCS1. The van der Waals surface area contributed by atoms with Crippen molar-refractivity contribution < 1.29 is 4.42 Å². The van der Waals surface area contributed by atoms with Crippen molar-refractivity contribution in [2.45, 2.75) is 51.6 Å². The topological polar surface area (TPSA) is 28.4 Å². The average molecular weight is 282 g/mol. The predicted molar refractivity (Wildman–Crippen MR) is 82.5 cm³/mol. The zero-order chi connectivity index (χ0) is 13.7. The highest BCUT2D eigenvalue weighted by Gasteiger charge is 2.19. The molecule has 3 nitrogen and oxygen atoms in total. The van der Waals surface area contributed by atoms with Crippen LogP contribution in [0.25, 0.3) is 0 Å². The number of hydrogen-bond acceptors (Lipinski definition) is 4. The second-order valence-electron chi connectivity index (χ2n) is 5.59. The summed E-state index contributed by atoms with van der Waals surface area (Å²) in [6, 6.07) is 2.71. The van der Waals surface area contributed by atoms with Gasteiger partial charge < -0.3 is 9.73 Å². The van der Waals surface area contributed by atoms with Crippen LogP contribution in [0.15, 0.2) is 16.7 Å². The molecule has 1 unspecified atom stereocenters. The van der Waals surface area contributed by atoms with E-state index in [4.69, 9.17) is 4.42 Å². The quantitative estimate of drug-likeness (QED) is 0.868. The van der Waals surface area contributed by atoms with E-state index in [-0.39, 0.29) is 0 Å². The Morgan fingerprint density at radius 2 is 2.37 bits per heavy atom. The third kappa shape index (κ3) is 4.86. The van der Waals surface area contributed by atoms with Gasteiger partial charge in [-0.3, -0.25) is 4.90 Å². The number of nitrogens with zero attached hydrogens (tertiary/aromatic N) is 1. The van der Waals surface area contributed by atoms with Crippen molar-refractivity contribution in [1.82, 2.24) is 10.2 Å². The molecule has 1 aromatic rings. The molecular formula is C15H26N2OS. The van der Waals surface area contributed by atoms with E-state index in [2.05, 4.69) is 48.8 Å². The predicted octanol–water partition coefficient (Wildman–Crippen LogP) is 3.11. The third-order valence-corrected chi connectivity index (χ3v) is 4.85. The normalized spacial score (nSPS) is 21.2. The first kappa shape index (κ1) is 14.9. The van der Waals surface area contributed by atoms with Crippen LogP contribution in [0.1, 0.15) is 38.5 Å². The molecule has 1 saturated heterocycles. The Labute approximate surface area is 121 Å². The molecule has 0 amide bonds. The van der Waals surface area contributed by atoms with Gasteiger partial charge >= 0.3 is 0 Å². The van der Waals surface area contributed by atoms with Crippen molar-refractivity contribution in [3.05, 3.63) is 23.7 Å². The van der Waals surface area contributed by atoms with Gasteiger partial charge in [0.05, 0.1) is 12.8 Å². The van der Waals surface area contributed by atoms with Crippen LogP contribution in [-0.4, -0.2) is 35.0 Å². The minimum absolute atomic E-state index is 0.516. The summed E-state index contributed by atoms with van der Waals surface area (Å²) in [5, 5.41) is 4.22. The van der Waals surface area contributed by atoms with Crippen molar-refractivity contribution in [1.29, 1.82) is 0 Å². The largest absolute Gasteiger partial charge is 0.468 e. The fourth-order valence-electron chi connectivity index (χ4n) is 2.32. The lowest BCUT2D eigenvalue weighted by Gasteiger charge is -2.31. The van der Waals surface area contributed by atoms with Crippen LogP contribution in [0, 0.1) is 0 Å². The van der Waals surface area contributed by atoms with Crippen LogP contribution in [0.5, 0.6) is 0 Å². The lowest BCUT2D eigenvalue weighted by Crippen LogP contribution is -2.36. The first-order valence-corrected chi connectivity index (χ1v) is 8.36. The maximum atomic E-state index is 5.68. The van der Waals surface area contributed by atoms with Crippen molar-refractivity contribution in [3.63, 3.8) is 0 Å². The van der Waals surface area contributed by atoms with E-state index in [9.17, 15) is 0 Å². The summed E-state index contributed by atoms with van der Waals surface area (Å²) < 4.78 is 5.68. The smallest absolute Gasteiger partial charge is 0.118 e. The maximum Gasteiger partial charge on any atom is 0.118 e. The van der Waals surface area contributed by atoms with E-state index in [1.807, 2.05) is 6.26 Å². The van der Waals surface area contributed by atoms with Gasteiger partial charge in [0.15, 0.2) is 0 Å². The third-order valence-electron chi connectivity index (χ3n) is 3.48. The van der Waals surface area contributed by atoms with Gasteiger partial charge in [-0.05, 0) is 12.5 Å². The highest BCUT2D eigenvalue weighted by Crippen LogP contribution is 2.22.